The van der Waals surface area contributed by atoms with Crippen molar-refractivity contribution in [3.05, 3.63) is 0 Å². The maximum absolute atomic E-state index is 10.7. The van der Waals surface area contributed by atoms with Crippen LogP contribution in [0.5, 0.6) is 0 Å². The van der Waals surface area contributed by atoms with E-state index in [1.165, 1.54) is 0 Å². The first-order valence-electron chi connectivity index (χ1n) is 5.71. The van der Waals surface area contributed by atoms with Crippen LogP contribution < -0.4 is 0 Å². The van der Waals surface area contributed by atoms with Gasteiger partial charge >= 0.3 is 5.97 Å². The van der Waals surface area contributed by atoms with Crippen molar-refractivity contribution in [1.29, 1.82) is 0 Å². The summed E-state index contributed by atoms with van der Waals surface area (Å²) in [6.45, 7) is 8.63. The lowest BCUT2D eigenvalue weighted by molar-refractivity contribution is -0.142. The SMILES string of the molecule is CCC(CCCC(C)C(C)C)C(=O)O. The van der Waals surface area contributed by atoms with Gasteiger partial charge in [-0.15, -0.1) is 0 Å². The first-order chi connectivity index (χ1) is 6.49. The molecule has 0 radical (unpaired) electrons. The van der Waals surface area contributed by atoms with E-state index in [1.807, 2.05) is 6.92 Å². The van der Waals surface area contributed by atoms with Gasteiger partial charge in [-0.05, 0) is 24.7 Å². The van der Waals surface area contributed by atoms with E-state index in [9.17, 15) is 4.79 Å². The second-order valence-corrected chi connectivity index (χ2v) is 4.60. The molecular weight excluding hydrogens is 176 g/mol. The molecule has 0 saturated carbocycles. The molecule has 1 N–H and O–H groups in total. The van der Waals surface area contributed by atoms with Gasteiger partial charge in [0, 0.05) is 0 Å². The molecule has 2 atom stereocenters. The Kier molecular flexibility index (Phi) is 6.60. The molecule has 84 valence electrons. The zero-order chi connectivity index (χ0) is 11.1. The lowest BCUT2D eigenvalue weighted by Crippen LogP contribution is -2.13. The van der Waals surface area contributed by atoms with Crippen LogP contribution in [0, 0.1) is 17.8 Å². The molecule has 0 aliphatic carbocycles. The van der Waals surface area contributed by atoms with Gasteiger partial charge in [0.15, 0.2) is 0 Å². The average Bonchev–Trinajstić information content (AvgIpc) is 2.11. The van der Waals surface area contributed by atoms with E-state index in [2.05, 4.69) is 20.8 Å². The number of carboxylic acids is 1. The van der Waals surface area contributed by atoms with Gasteiger partial charge in [0.2, 0.25) is 0 Å². The van der Waals surface area contributed by atoms with Gasteiger partial charge in [0.25, 0.3) is 0 Å². The summed E-state index contributed by atoms with van der Waals surface area (Å²) >= 11 is 0. The van der Waals surface area contributed by atoms with Gasteiger partial charge in [-0.2, -0.15) is 0 Å². The molecule has 14 heavy (non-hydrogen) atoms. The summed E-state index contributed by atoms with van der Waals surface area (Å²) in [6, 6.07) is 0. The number of carboxylic acid groups (broad SMARTS) is 1. The summed E-state index contributed by atoms with van der Waals surface area (Å²) in [6.07, 6.45) is 3.79. The Bertz CT molecular complexity index is 164. The molecule has 0 aromatic carbocycles. The standard InChI is InChI=1S/C12H24O2/c1-5-11(12(13)14)8-6-7-10(4)9(2)3/h9-11H,5-8H2,1-4H3,(H,13,14). The van der Waals surface area contributed by atoms with E-state index in [4.69, 9.17) is 5.11 Å². The largest absolute Gasteiger partial charge is 0.481 e. The molecule has 0 aromatic heterocycles. The summed E-state index contributed by atoms with van der Waals surface area (Å²) in [5.74, 6) is 0.653. The van der Waals surface area contributed by atoms with Gasteiger partial charge in [-0.1, -0.05) is 40.5 Å². The third-order valence-electron chi connectivity index (χ3n) is 3.19. The third kappa shape index (κ3) is 5.25. The van der Waals surface area contributed by atoms with Crippen LogP contribution in [0.2, 0.25) is 0 Å². The van der Waals surface area contributed by atoms with Crippen molar-refractivity contribution in [3.63, 3.8) is 0 Å². The van der Waals surface area contributed by atoms with Crippen LogP contribution >= 0.6 is 0 Å². The fraction of sp³-hybridized carbons (Fsp3) is 0.917. The molecule has 0 bridgehead atoms. The van der Waals surface area contributed by atoms with Crippen LogP contribution in [0.4, 0.5) is 0 Å². The van der Waals surface area contributed by atoms with Crippen molar-refractivity contribution in [2.24, 2.45) is 17.8 Å². The van der Waals surface area contributed by atoms with Crippen LogP contribution in [0.15, 0.2) is 0 Å². The van der Waals surface area contributed by atoms with Gasteiger partial charge in [-0.3, -0.25) is 4.79 Å². The Hall–Kier alpha value is -0.530. The van der Waals surface area contributed by atoms with Crippen molar-refractivity contribution >= 4 is 5.97 Å². The smallest absolute Gasteiger partial charge is 0.306 e. The number of hydrogen-bond acceptors (Lipinski definition) is 1. The first-order valence-corrected chi connectivity index (χ1v) is 5.71. The fourth-order valence-corrected chi connectivity index (χ4v) is 1.52. The molecule has 0 aromatic rings. The molecule has 0 fully saturated rings. The minimum Gasteiger partial charge on any atom is -0.481 e. The normalized spacial score (nSPS) is 15.5. The molecule has 0 aliphatic rings. The fourth-order valence-electron chi connectivity index (χ4n) is 1.52. The summed E-state index contributed by atoms with van der Waals surface area (Å²) in [7, 11) is 0. The molecule has 2 heteroatoms. The van der Waals surface area contributed by atoms with E-state index in [0.29, 0.717) is 11.8 Å². The average molecular weight is 200 g/mol. The number of rotatable bonds is 7. The van der Waals surface area contributed by atoms with Crippen molar-refractivity contribution in [2.75, 3.05) is 0 Å². The number of hydrogen-bond donors (Lipinski definition) is 1. The Balaban J connectivity index is 3.66. The van der Waals surface area contributed by atoms with E-state index in [-0.39, 0.29) is 5.92 Å². The molecular formula is C12H24O2. The minimum absolute atomic E-state index is 0.130. The Morgan fingerprint density at radius 3 is 2.14 bits per heavy atom. The van der Waals surface area contributed by atoms with Crippen molar-refractivity contribution in [2.45, 2.75) is 53.4 Å². The van der Waals surface area contributed by atoms with E-state index >= 15 is 0 Å². The predicted molar refractivity (Wildman–Crippen MR) is 59.3 cm³/mol. The highest BCUT2D eigenvalue weighted by molar-refractivity contribution is 5.69. The van der Waals surface area contributed by atoms with Gasteiger partial charge in [-0.25, -0.2) is 0 Å². The molecule has 0 aliphatic heterocycles. The van der Waals surface area contributed by atoms with E-state index in [1.54, 1.807) is 0 Å². The predicted octanol–water partition coefficient (Wildman–Crippen LogP) is 3.56. The monoisotopic (exact) mass is 200 g/mol. The Morgan fingerprint density at radius 2 is 1.79 bits per heavy atom. The summed E-state index contributed by atoms with van der Waals surface area (Å²) in [5.41, 5.74) is 0. The molecule has 0 heterocycles. The molecule has 2 nitrogen and oxygen atoms in total. The van der Waals surface area contributed by atoms with Crippen molar-refractivity contribution in [3.8, 4) is 0 Å². The topological polar surface area (TPSA) is 37.3 Å². The molecule has 0 saturated heterocycles. The number of aliphatic carboxylic acids is 1. The van der Waals surface area contributed by atoms with E-state index < -0.39 is 5.97 Å². The van der Waals surface area contributed by atoms with Crippen LogP contribution in [0.3, 0.4) is 0 Å². The third-order valence-corrected chi connectivity index (χ3v) is 3.19. The van der Waals surface area contributed by atoms with Crippen molar-refractivity contribution in [1.82, 2.24) is 0 Å². The molecule has 0 amide bonds. The van der Waals surface area contributed by atoms with Gasteiger partial charge in [0.05, 0.1) is 5.92 Å². The Labute approximate surface area is 87.7 Å². The van der Waals surface area contributed by atoms with Crippen molar-refractivity contribution < 1.29 is 9.90 Å². The second-order valence-electron chi connectivity index (χ2n) is 4.60. The lowest BCUT2D eigenvalue weighted by Gasteiger charge is -2.16. The van der Waals surface area contributed by atoms with Crippen LogP contribution in [0.25, 0.3) is 0 Å². The van der Waals surface area contributed by atoms with Crippen LogP contribution in [-0.2, 0) is 4.79 Å². The maximum Gasteiger partial charge on any atom is 0.306 e. The molecule has 0 rings (SSSR count). The minimum atomic E-state index is -0.635. The zero-order valence-electron chi connectivity index (χ0n) is 9.92. The lowest BCUT2D eigenvalue weighted by atomic mass is 9.90. The molecule has 0 spiro atoms. The highest BCUT2D eigenvalue weighted by Gasteiger charge is 2.15. The second kappa shape index (κ2) is 6.86. The van der Waals surface area contributed by atoms with Gasteiger partial charge in [0.1, 0.15) is 0 Å². The highest BCUT2D eigenvalue weighted by atomic mass is 16.4. The Morgan fingerprint density at radius 1 is 1.21 bits per heavy atom. The first kappa shape index (κ1) is 13.5. The zero-order valence-corrected chi connectivity index (χ0v) is 9.92. The van der Waals surface area contributed by atoms with Crippen LogP contribution in [-0.4, -0.2) is 11.1 Å². The summed E-state index contributed by atoms with van der Waals surface area (Å²) in [4.78, 5) is 10.7. The maximum atomic E-state index is 10.7. The quantitative estimate of drug-likeness (QED) is 0.682. The number of carbonyl (C=O) groups is 1. The van der Waals surface area contributed by atoms with E-state index in [0.717, 1.165) is 25.7 Å². The van der Waals surface area contributed by atoms with Gasteiger partial charge < -0.3 is 5.11 Å². The molecule has 2 unspecified atom stereocenters. The summed E-state index contributed by atoms with van der Waals surface area (Å²) in [5, 5.41) is 8.85. The highest BCUT2D eigenvalue weighted by Crippen LogP contribution is 2.20. The summed E-state index contributed by atoms with van der Waals surface area (Å²) < 4.78 is 0. The van der Waals surface area contributed by atoms with Crippen LogP contribution in [0.1, 0.15) is 53.4 Å².